The molecule has 0 spiro atoms. The fourth-order valence-corrected chi connectivity index (χ4v) is 3.35. The van der Waals surface area contributed by atoms with Crippen molar-refractivity contribution < 1.29 is 14.2 Å². The van der Waals surface area contributed by atoms with Gasteiger partial charge in [-0.1, -0.05) is 22.9 Å². The molecule has 0 saturated carbocycles. The standard InChI is InChI=1S/C14H19BrO3/c1-9-6-7-18-14(9)13(15)11-8-10(16-2)4-5-12(11)17-3/h4-5,8-9,13-14H,6-7H2,1-3H3. The van der Waals surface area contributed by atoms with Crippen LogP contribution >= 0.6 is 15.9 Å². The largest absolute Gasteiger partial charge is 0.497 e. The summed E-state index contributed by atoms with van der Waals surface area (Å²) in [6.07, 6.45) is 1.30. The zero-order valence-corrected chi connectivity index (χ0v) is 12.6. The minimum absolute atomic E-state index is 0.125. The van der Waals surface area contributed by atoms with Crippen LogP contribution in [0.3, 0.4) is 0 Å². The van der Waals surface area contributed by atoms with Gasteiger partial charge in [-0.05, 0) is 30.5 Å². The summed E-state index contributed by atoms with van der Waals surface area (Å²) in [6.45, 7) is 3.05. The normalized spacial score (nSPS) is 24.9. The van der Waals surface area contributed by atoms with Crippen LogP contribution in [0.25, 0.3) is 0 Å². The third kappa shape index (κ3) is 2.64. The first-order valence-corrected chi connectivity index (χ1v) is 7.06. The Balaban J connectivity index is 2.29. The van der Waals surface area contributed by atoms with Gasteiger partial charge in [0, 0.05) is 12.2 Å². The van der Waals surface area contributed by atoms with E-state index in [0.29, 0.717) is 5.92 Å². The summed E-state index contributed by atoms with van der Waals surface area (Å²) in [5.41, 5.74) is 1.08. The SMILES string of the molecule is COc1ccc(OC)c(C(Br)C2OCCC2C)c1. The van der Waals surface area contributed by atoms with Crippen molar-refractivity contribution in [2.75, 3.05) is 20.8 Å². The lowest BCUT2D eigenvalue weighted by Gasteiger charge is -2.23. The molecule has 18 heavy (non-hydrogen) atoms. The Hall–Kier alpha value is -0.740. The van der Waals surface area contributed by atoms with Gasteiger partial charge in [-0.3, -0.25) is 0 Å². The lowest BCUT2D eigenvalue weighted by Crippen LogP contribution is -2.19. The molecular weight excluding hydrogens is 296 g/mol. The van der Waals surface area contributed by atoms with Crippen molar-refractivity contribution in [1.29, 1.82) is 0 Å². The molecule has 0 bridgehead atoms. The fraction of sp³-hybridized carbons (Fsp3) is 0.571. The molecule has 3 nitrogen and oxygen atoms in total. The van der Waals surface area contributed by atoms with Gasteiger partial charge < -0.3 is 14.2 Å². The second-order valence-electron chi connectivity index (χ2n) is 4.61. The van der Waals surface area contributed by atoms with E-state index in [2.05, 4.69) is 22.9 Å². The average molecular weight is 315 g/mol. The van der Waals surface area contributed by atoms with Crippen molar-refractivity contribution >= 4 is 15.9 Å². The van der Waals surface area contributed by atoms with Gasteiger partial charge >= 0.3 is 0 Å². The summed E-state index contributed by atoms with van der Waals surface area (Å²) < 4.78 is 16.5. The van der Waals surface area contributed by atoms with Gasteiger partial charge in [0.1, 0.15) is 11.5 Å². The van der Waals surface area contributed by atoms with E-state index in [-0.39, 0.29) is 10.9 Å². The quantitative estimate of drug-likeness (QED) is 0.795. The minimum Gasteiger partial charge on any atom is -0.497 e. The van der Waals surface area contributed by atoms with Gasteiger partial charge in [-0.2, -0.15) is 0 Å². The lowest BCUT2D eigenvalue weighted by atomic mass is 9.96. The van der Waals surface area contributed by atoms with Gasteiger partial charge in [0.25, 0.3) is 0 Å². The van der Waals surface area contributed by atoms with E-state index in [9.17, 15) is 0 Å². The minimum atomic E-state index is 0.125. The first-order valence-electron chi connectivity index (χ1n) is 6.15. The monoisotopic (exact) mass is 314 g/mol. The van der Waals surface area contributed by atoms with Crippen LogP contribution in [0.4, 0.5) is 0 Å². The topological polar surface area (TPSA) is 27.7 Å². The maximum Gasteiger partial charge on any atom is 0.123 e. The molecule has 0 aliphatic carbocycles. The molecule has 0 aromatic heterocycles. The van der Waals surface area contributed by atoms with Gasteiger partial charge in [0.2, 0.25) is 0 Å². The number of methoxy groups -OCH3 is 2. The zero-order chi connectivity index (χ0) is 13.1. The van der Waals surface area contributed by atoms with E-state index in [4.69, 9.17) is 14.2 Å². The van der Waals surface area contributed by atoms with Crippen molar-refractivity contribution in [3.8, 4) is 11.5 Å². The average Bonchev–Trinajstić information content (AvgIpc) is 2.83. The van der Waals surface area contributed by atoms with Crippen molar-refractivity contribution in [2.45, 2.75) is 24.3 Å². The third-order valence-corrected chi connectivity index (χ3v) is 4.48. The summed E-state index contributed by atoms with van der Waals surface area (Å²) in [5.74, 6) is 2.24. The third-order valence-electron chi connectivity index (χ3n) is 3.47. The number of ether oxygens (including phenoxy) is 3. The first kappa shape index (κ1) is 13.7. The van der Waals surface area contributed by atoms with Crippen molar-refractivity contribution in [1.82, 2.24) is 0 Å². The smallest absolute Gasteiger partial charge is 0.123 e. The number of alkyl halides is 1. The van der Waals surface area contributed by atoms with Crippen LogP contribution < -0.4 is 9.47 Å². The van der Waals surface area contributed by atoms with Crippen molar-refractivity contribution in [2.24, 2.45) is 5.92 Å². The Labute approximate surface area is 117 Å². The maximum atomic E-state index is 5.81. The molecule has 2 rings (SSSR count). The number of hydrogen-bond donors (Lipinski definition) is 0. The Morgan fingerprint density at radius 3 is 2.67 bits per heavy atom. The molecular formula is C14H19BrO3. The summed E-state index contributed by atoms with van der Waals surface area (Å²) >= 11 is 3.75. The Morgan fingerprint density at radius 1 is 1.33 bits per heavy atom. The van der Waals surface area contributed by atoms with Gasteiger partial charge in [0.05, 0.1) is 25.2 Å². The van der Waals surface area contributed by atoms with E-state index in [1.807, 2.05) is 18.2 Å². The molecule has 0 amide bonds. The van der Waals surface area contributed by atoms with E-state index in [1.54, 1.807) is 14.2 Å². The summed E-state index contributed by atoms with van der Waals surface area (Å²) in [4.78, 5) is 0.125. The van der Waals surface area contributed by atoms with Crippen LogP contribution in [-0.4, -0.2) is 26.9 Å². The number of rotatable bonds is 4. The highest BCUT2D eigenvalue weighted by molar-refractivity contribution is 9.09. The van der Waals surface area contributed by atoms with Gasteiger partial charge in [0.15, 0.2) is 0 Å². The van der Waals surface area contributed by atoms with Crippen LogP contribution in [0.5, 0.6) is 11.5 Å². The van der Waals surface area contributed by atoms with Crippen LogP contribution in [0.1, 0.15) is 23.7 Å². The molecule has 1 aliphatic heterocycles. The fourth-order valence-electron chi connectivity index (χ4n) is 2.32. The summed E-state index contributed by atoms with van der Waals surface area (Å²) in [7, 11) is 3.35. The predicted octanol–water partition coefficient (Wildman–Crippen LogP) is 3.56. The second-order valence-corrected chi connectivity index (χ2v) is 5.60. The predicted molar refractivity (Wildman–Crippen MR) is 74.7 cm³/mol. The second kappa shape index (κ2) is 5.93. The molecule has 0 N–H and O–H groups in total. The highest BCUT2D eigenvalue weighted by Gasteiger charge is 2.33. The number of halogens is 1. The molecule has 1 aliphatic rings. The molecule has 1 saturated heterocycles. The Kier molecular flexibility index (Phi) is 4.51. The zero-order valence-electron chi connectivity index (χ0n) is 11.0. The van der Waals surface area contributed by atoms with Crippen LogP contribution in [-0.2, 0) is 4.74 Å². The lowest BCUT2D eigenvalue weighted by molar-refractivity contribution is 0.0929. The van der Waals surface area contributed by atoms with Crippen LogP contribution in [0.2, 0.25) is 0 Å². The molecule has 1 aromatic carbocycles. The summed E-state index contributed by atoms with van der Waals surface area (Å²) in [6, 6.07) is 5.84. The molecule has 1 heterocycles. The molecule has 1 aromatic rings. The van der Waals surface area contributed by atoms with Crippen LogP contribution in [0, 0.1) is 5.92 Å². The van der Waals surface area contributed by atoms with Crippen molar-refractivity contribution in [3.05, 3.63) is 23.8 Å². The highest BCUT2D eigenvalue weighted by Crippen LogP contribution is 2.42. The van der Waals surface area contributed by atoms with E-state index in [0.717, 1.165) is 30.1 Å². The number of hydrogen-bond acceptors (Lipinski definition) is 3. The molecule has 100 valence electrons. The van der Waals surface area contributed by atoms with Gasteiger partial charge in [-0.25, -0.2) is 0 Å². The molecule has 3 atom stereocenters. The maximum absolute atomic E-state index is 5.81. The van der Waals surface area contributed by atoms with E-state index >= 15 is 0 Å². The Bertz CT molecular complexity index is 408. The van der Waals surface area contributed by atoms with E-state index < -0.39 is 0 Å². The molecule has 1 fully saturated rings. The molecule has 0 radical (unpaired) electrons. The van der Waals surface area contributed by atoms with Gasteiger partial charge in [-0.15, -0.1) is 0 Å². The van der Waals surface area contributed by atoms with E-state index in [1.165, 1.54) is 0 Å². The number of benzene rings is 1. The van der Waals surface area contributed by atoms with Crippen molar-refractivity contribution in [3.63, 3.8) is 0 Å². The summed E-state index contributed by atoms with van der Waals surface area (Å²) in [5, 5.41) is 0. The molecule has 4 heteroatoms. The highest BCUT2D eigenvalue weighted by atomic mass is 79.9. The first-order chi connectivity index (χ1) is 8.67. The van der Waals surface area contributed by atoms with Crippen LogP contribution in [0.15, 0.2) is 18.2 Å². The molecule has 3 unspecified atom stereocenters. The Morgan fingerprint density at radius 2 is 2.11 bits per heavy atom.